The van der Waals surface area contributed by atoms with Gasteiger partial charge >= 0.3 is 12.2 Å². The van der Waals surface area contributed by atoms with Crippen molar-refractivity contribution in [2.24, 2.45) is 5.73 Å². The van der Waals surface area contributed by atoms with Gasteiger partial charge in [0.05, 0.1) is 45.4 Å². The summed E-state index contributed by atoms with van der Waals surface area (Å²) in [5, 5.41) is 17.1. The highest BCUT2D eigenvalue weighted by Gasteiger charge is 2.24. The van der Waals surface area contributed by atoms with Gasteiger partial charge in [0.25, 0.3) is 11.8 Å². The van der Waals surface area contributed by atoms with Gasteiger partial charge in [0.1, 0.15) is 90.4 Å². The van der Waals surface area contributed by atoms with Crippen molar-refractivity contribution >= 4 is 81.8 Å². The van der Waals surface area contributed by atoms with Crippen LogP contribution in [0.25, 0.3) is 34.7 Å². The Kier molecular flexibility index (Phi) is 42.8. The Morgan fingerprint density at radius 1 is 0.492 bits per heavy atom. The molecule has 4 fully saturated rings. The highest BCUT2D eigenvalue weighted by atomic mass is 35.5. The van der Waals surface area contributed by atoms with Crippen LogP contribution >= 0.6 is 11.6 Å². The number of fused-ring (bicyclic) bond motifs is 2. The van der Waals surface area contributed by atoms with E-state index in [1.807, 2.05) is 82.4 Å². The number of likely N-dealkylation sites (N-methyl/N-ethyl adjacent to an activating group) is 1. The number of hydrogen-bond donors (Lipinski definition) is 6. The van der Waals surface area contributed by atoms with Crippen LogP contribution in [0.5, 0.6) is 23.0 Å². The van der Waals surface area contributed by atoms with Gasteiger partial charge in [0, 0.05) is 214 Å². The smallest absolute Gasteiger partial charge is 0.408 e. The number of amides is 2. The fourth-order valence-electron chi connectivity index (χ4n) is 13.1. The molecule has 14 rings (SSSR count). The molecule has 4 aromatic carbocycles. The highest BCUT2D eigenvalue weighted by Crippen LogP contribution is 2.27. The quantitative estimate of drug-likeness (QED) is 0.0128. The molecule has 10 aromatic rings. The van der Waals surface area contributed by atoms with E-state index in [4.69, 9.17) is 85.0 Å². The van der Waals surface area contributed by atoms with Crippen molar-refractivity contribution in [1.82, 2.24) is 79.8 Å². The molecule has 0 radical (unpaired) electrons. The topological polar surface area (TPSA) is 422 Å². The predicted octanol–water partition coefficient (Wildman–Crippen LogP) is 8.28. The number of nitrogens with two attached hydrogens (primary N) is 3. The Bertz CT molecular complexity index is 4750. The summed E-state index contributed by atoms with van der Waals surface area (Å²) < 4.78 is 65.6. The third-order valence-corrected chi connectivity index (χ3v) is 19.8. The molecule has 128 heavy (non-hydrogen) atoms. The molecular formula is C88H131ClN24O15. The summed E-state index contributed by atoms with van der Waals surface area (Å²) in [4.78, 5) is 76.2. The molecule has 39 nitrogen and oxygen atoms in total. The number of anilines is 7. The number of hydrogen-bond acceptors (Lipinski definition) is 35. The number of benzene rings is 4. The van der Waals surface area contributed by atoms with Gasteiger partial charge in [0.15, 0.2) is 11.3 Å². The number of nitrogens with one attached hydrogen (secondary N) is 3. The Balaban J connectivity index is 0.000000197. The number of nitrogens with zero attached hydrogens (tertiary/aromatic N) is 18. The molecular weight excluding hydrogens is 1670 g/mol. The molecule has 6 aromatic heterocycles. The van der Waals surface area contributed by atoms with Gasteiger partial charge in [0.2, 0.25) is 23.5 Å². The van der Waals surface area contributed by atoms with Gasteiger partial charge in [-0.1, -0.05) is 19.0 Å². The van der Waals surface area contributed by atoms with E-state index in [0.717, 1.165) is 166 Å². The third-order valence-electron chi connectivity index (χ3n) is 19.6. The first-order valence-electron chi connectivity index (χ1n) is 42.5. The average Bonchev–Trinajstić information content (AvgIpc) is 1.64. The molecule has 2 amide bonds. The zero-order valence-electron chi connectivity index (χ0n) is 75.0. The van der Waals surface area contributed by atoms with Crippen molar-refractivity contribution in [3.63, 3.8) is 0 Å². The lowest BCUT2D eigenvalue weighted by atomic mass is 10.2. The fourth-order valence-corrected chi connectivity index (χ4v) is 13.3. The van der Waals surface area contributed by atoms with E-state index in [1.54, 1.807) is 61.5 Å². The molecule has 4 aliphatic rings. The average molecular weight is 1800 g/mol. The lowest BCUT2D eigenvalue weighted by molar-refractivity contribution is -0.107. The normalized spacial score (nSPS) is 14.3. The van der Waals surface area contributed by atoms with E-state index in [-0.39, 0.29) is 37.1 Å². The number of aldehydes is 1. The molecule has 4 aliphatic heterocycles. The molecule has 0 saturated carbocycles. The molecule has 0 bridgehead atoms. The van der Waals surface area contributed by atoms with Gasteiger partial charge in [-0.25, -0.2) is 34.5 Å². The van der Waals surface area contributed by atoms with E-state index in [9.17, 15) is 14.4 Å². The van der Waals surface area contributed by atoms with Crippen LogP contribution in [0.1, 0.15) is 49.0 Å². The number of carbonyl (C=O) groups is 3. The number of carbonyl (C=O) groups excluding carboxylic acids is 3. The van der Waals surface area contributed by atoms with Crippen molar-refractivity contribution in [2.75, 3.05) is 275 Å². The SMILES string of the molecule is C.CC(C)(C)OC(=O)NCC=O.COCCOc1ccc(N2CCN(CCN(C)c3cc4nc(-c5ncco5)nn4c(N)n3)CC2)cc1.COCCOc1ccc(N2CCN(CCN)CC2)cc1.COCCOc1ccc(N2CCN(CCNC(=O)OC(C)(C)C)CC2)cc1.COCCOc1ccc(N2CCNCC2)cc1.Nc1nc(Cl)cc2nc(-c3ncco3)nn12. The first-order valence-corrected chi connectivity index (χ1v) is 42.8. The molecule has 0 unspecified atom stereocenters. The Hall–Kier alpha value is -11.7. The number of halogens is 1. The van der Waals surface area contributed by atoms with Gasteiger partial charge in [-0.3, -0.25) is 14.7 Å². The molecule has 9 N–H and O–H groups in total. The fraction of sp³-hybridized carbons (Fsp3) is 0.511. The van der Waals surface area contributed by atoms with Crippen LogP contribution in [0, 0.1) is 0 Å². The van der Waals surface area contributed by atoms with Crippen LogP contribution < -0.4 is 76.6 Å². The van der Waals surface area contributed by atoms with Crippen LogP contribution in [0.15, 0.2) is 143 Å². The summed E-state index contributed by atoms with van der Waals surface area (Å²) in [7, 11) is 8.70. The summed E-state index contributed by atoms with van der Waals surface area (Å²) in [5.41, 5.74) is 22.5. The van der Waals surface area contributed by atoms with Crippen LogP contribution in [0.3, 0.4) is 0 Å². The number of piperazine rings is 4. The molecule has 0 aliphatic carbocycles. The maximum Gasteiger partial charge on any atom is 0.408 e. The lowest BCUT2D eigenvalue weighted by Gasteiger charge is -2.36. The number of aromatic nitrogens is 10. The van der Waals surface area contributed by atoms with E-state index in [0.29, 0.717) is 100 Å². The van der Waals surface area contributed by atoms with Crippen LogP contribution in [0.2, 0.25) is 5.15 Å². The lowest BCUT2D eigenvalue weighted by Crippen LogP contribution is -2.48. The standard InChI is InChI=1S/C24H31N9O3.C20H33N3O4.C15H25N3O2.C13H20N2O2.C8H5ClN6O.C7H13NO3.CH4/c1-30(20-17-21-27-22(23-26-7-14-36-23)29-33(21)24(25)28-20)8-9-31-10-12-32(13-11-31)18-3-5-19(6-4-18)35-16-15-34-2;1-20(2,3)27-19(24)21-9-10-22-11-13-23(14-12-22)17-5-7-18(8-6-17)26-16-15-25-4;1-19-12-13-20-15-4-2-14(3-5-15)18-10-8-17(7-6-16)9-11-18;1-16-10-11-17-13-4-2-12(3-5-13)15-8-6-14-7-9-15;9-4-3-5-13-6(7-11-1-2-16-7)14-15(5)8(10)12-4;1-7(2,3)11-6(10)8-4-5-9;/h3-7,14,17H,8-13,15-16H2,1-2H3,(H2,25,28);5-8H,9-16H2,1-4H3,(H,21,24);2-5H,6-13,16H2,1H3;2-5,14H,6-11H2,1H3;1-3H,(H2,10,12);5H,4H2,1-3H3,(H,8,10);1H4. The Morgan fingerprint density at radius 2 is 0.852 bits per heavy atom. The summed E-state index contributed by atoms with van der Waals surface area (Å²) in [6.07, 6.45) is 5.67. The van der Waals surface area contributed by atoms with E-state index in [2.05, 4.69) is 144 Å². The zero-order valence-corrected chi connectivity index (χ0v) is 75.7. The van der Waals surface area contributed by atoms with Crippen molar-refractivity contribution in [3.05, 3.63) is 139 Å². The summed E-state index contributed by atoms with van der Waals surface area (Å²) in [6.45, 7) is 36.9. The summed E-state index contributed by atoms with van der Waals surface area (Å²) in [6, 6.07) is 36.5. The molecule has 700 valence electrons. The summed E-state index contributed by atoms with van der Waals surface area (Å²) >= 11 is 5.75. The van der Waals surface area contributed by atoms with E-state index < -0.39 is 17.3 Å². The van der Waals surface area contributed by atoms with Crippen LogP contribution in [-0.2, 0) is 33.2 Å². The first kappa shape index (κ1) is 102. The number of ether oxygens (including phenoxy) is 10. The maximum atomic E-state index is 11.7. The van der Waals surface area contributed by atoms with Gasteiger partial charge in [-0.15, -0.1) is 10.2 Å². The second-order valence-corrected chi connectivity index (χ2v) is 31.6. The minimum Gasteiger partial charge on any atom is -0.491 e. The van der Waals surface area contributed by atoms with E-state index in [1.165, 1.54) is 50.5 Å². The number of alkyl carbamates (subject to hydrolysis) is 2. The molecule has 4 saturated heterocycles. The van der Waals surface area contributed by atoms with Crippen molar-refractivity contribution in [1.29, 1.82) is 0 Å². The van der Waals surface area contributed by atoms with Crippen molar-refractivity contribution < 1.29 is 70.6 Å². The Labute approximate surface area is 755 Å². The number of rotatable bonds is 33. The maximum absolute atomic E-state index is 11.7. The second-order valence-electron chi connectivity index (χ2n) is 31.2. The number of oxazole rings is 2. The minimum absolute atomic E-state index is 0. The second kappa shape index (κ2) is 53.8. The van der Waals surface area contributed by atoms with Gasteiger partial charge < -0.3 is 119 Å². The molecule has 40 heteroatoms. The zero-order chi connectivity index (χ0) is 90.8. The van der Waals surface area contributed by atoms with Crippen molar-refractivity contribution in [2.45, 2.75) is 60.2 Å². The van der Waals surface area contributed by atoms with E-state index >= 15 is 0 Å². The van der Waals surface area contributed by atoms with Crippen LogP contribution in [-0.4, -0.2) is 332 Å². The van der Waals surface area contributed by atoms with Crippen LogP contribution in [0.4, 0.5) is 50.1 Å². The Morgan fingerprint density at radius 3 is 1.21 bits per heavy atom. The van der Waals surface area contributed by atoms with Gasteiger partial charge in [-0.2, -0.15) is 14.0 Å². The largest absolute Gasteiger partial charge is 0.491 e. The highest BCUT2D eigenvalue weighted by molar-refractivity contribution is 6.29. The molecule has 0 atom stereocenters. The number of nitrogen functional groups attached to an aromatic ring is 2. The third kappa shape index (κ3) is 35.2. The first-order chi connectivity index (χ1) is 61.4. The monoisotopic (exact) mass is 1800 g/mol. The molecule has 0 spiro atoms. The van der Waals surface area contributed by atoms with Gasteiger partial charge in [-0.05, 0) is 139 Å². The number of methoxy groups -OCH3 is 4. The summed E-state index contributed by atoms with van der Waals surface area (Å²) in [5.74, 6) is 6.08. The van der Waals surface area contributed by atoms with Crippen molar-refractivity contribution in [3.8, 4) is 46.4 Å². The predicted molar refractivity (Wildman–Crippen MR) is 496 cm³/mol. The molecule has 10 heterocycles. The minimum atomic E-state index is -0.565.